The van der Waals surface area contributed by atoms with Gasteiger partial charge in [0.2, 0.25) is 5.91 Å². The Balaban J connectivity index is 1.89. The van der Waals surface area contributed by atoms with Crippen LogP contribution >= 0.6 is 0 Å². The molecule has 0 saturated carbocycles. The monoisotopic (exact) mass is 454 g/mol. The summed E-state index contributed by atoms with van der Waals surface area (Å²) in [5.74, 6) is 0.657. The number of carbonyl (C=O) groups excluding carboxylic acids is 2. The van der Waals surface area contributed by atoms with Gasteiger partial charge in [0.05, 0.1) is 6.04 Å². The second-order valence-corrected chi connectivity index (χ2v) is 9.00. The van der Waals surface area contributed by atoms with Gasteiger partial charge < -0.3 is 15.0 Å². The van der Waals surface area contributed by atoms with Crippen LogP contribution in [0.15, 0.2) is 42.5 Å². The van der Waals surface area contributed by atoms with E-state index < -0.39 is 6.10 Å². The van der Waals surface area contributed by atoms with E-state index in [1.54, 1.807) is 6.07 Å². The van der Waals surface area contributed by atoms with Crippen LogP contribution in [0.3, 0.4) is 0 Å². The Bertz CT molecular complexity index is 976. The van der Waals surface area contributed by atoms with Gasteiger partial charge in [0, 0.05) is 19.5 Å². The van der Waals surface area contributed by atoms with E-state index in [-0.39, 0.29) is 23.7 Å². The summed E-state index contributed by atoms with van der Waals surface area (Å²) in [4.78, 5) is 27.2. The van der Waals surface area contributed by atoms with Gasteiger partial charge in [0.1, 0.15) is 11.6 Å². The van der Waals surface area contributed by atoms with Crippen molar-refractivity contribution in [3.8, 4) is 5.75 Å². The van der Waals surface area contributed by atoms with Gasteiger partial charge in [-0.1, -0.05) is 45.9 Å². The lowest BCUT2D eigenvalue weighted by atomic mass is 9.87. The molecular formula is C27H35FN2O3. The number of hydrogen-bond donors (Lipinski definition) is 1. The van der Waals surface area contributed by atoms with Gasteiger partial charge in [0.25, 0.3) is 5.91 Å². The highest BCUT2D eigenvalue weighted by Gasteiger charge is 2.32. The van der Waals surface area contributed by atoms with Crippen molar-refractivity contribution in [2.45, 2.75) is 65.5 Å². The molecule has 0 aliphatic carbocycles. The summed E-state index contributed by atoms with van der Waals surface area (Å²) in [6.45, 7) is 9.20. The number of amides is 2. The average Bonchev–Trinajstić information content (AvgIpc) is 2.80. The number of carbonyl (C=O) groups is 2. The molecular weight excluding hydrogens is 419 g/mol. The maximum absolute atomic E-state index is 14.1. The van der Waals surface area contributed by atoms with Gasteiger partial charge in [-0.15, -0.1) is 0 Å². The molecule has 1 N–H and O–H groups in total. The summed E-state index contributed by atoms with van der Waals surface area (Å²) in [6, 6.07) is 11.8. The number of ether oxygens (including phenoxy) is 1. The van der Waals surface area contributed by atoms with Crippen molar-refractivity contribution < 1.29 is 18.7 Å². The Morgan fingerprint density at radius 1 is 1.18 bits per heavy atom. The fourth-order valence-electron chi connectivity index (χ4n) is 4.26. The lowest BCUT2D eigenvalue weighted by Crippen LogP contribution is -2.40. The topological polar surface area (TPSA) is 58.6 Å². The van der Waals surface area contributed by atoms with Crippen LogP contribution in [0.5, 0.6) is 5.75 Å². The summed E-state index contributed by atoms with van der Waals surface area (Å²) in [5, 5.41) is 2.96. The molecule has 0 spiro atoms. The van der Waals surface area contributed by atoms with Crippen molar-refractivity contribution in [1.29, 1.82) is 0 Å². The number of fused-ring (bicyclic) bond motifs is 1. The van der Waals surface area contributed by atoms with Crippen molar-refractivity contribution in [3.05, 3.63) is 65.0 Å². The van der Waals surface area contributed by atoms with Crippen LogP contribution in [-0.4, -0.2) is 35.9 Å². The molecule has 0 aromatic heterocycles. The molecule has 33 heavy (non-hydrogen) atoms. The Hall–Kier alpha value is -2.89. The minimum atomic E-state index is -0.597. The van der Waals surface area contributed by atoms with E-state index in [2.05, 4.69) is 19.2 Å². The average molecular weight is 455 g/mol. The first-order chi connectivity index (χ1) is 15.8. The van der Waals surface area contributed by atoms with Gasteiger partial charge >= 0.3 is 0 Å². The summed E-state index contributed by atoms with van der Waals surface area (Å²) in [5.41, 5.74) is 2.75. The predicted octanol–water partition coefficient (Wildman–Crippen LogP) is 5.03. The normalized spacial score (nSPS) is 16.3. The van der Waals surface area contributed by atoms with E-state index in [0.29, 0.717) is 37.6 Å². The number of hydrogen-bond acceptors (Lipinski definition) is 3. The SMILES string of the molecule is CCC(=O)N1CCc2ccc(OC(CC)C(=O)NCCC(C)C)cc2C1c1cccc(F)c1. The van der Waals surface area contributed by atoms with Crippen molar-refractivity contribution in [2.24, 2.45) is 5.92 Å². The van der Waals surface area contributed by atoms with Crippen LogP contribution in [-0.2, 0) is 16.0 Å². The number of rotatable bonds is 9. The molecule has 5 nitrogen and oxygen atoms in total. The summed E-state index contributed by atoms with van der Waals surface area (Å²) < 4.78 is 20.2. The molecule has 6 heteroatoms. The predicted molar refractivity (Wildman–Crippen MR) is 128 cm³/mol. The molecule has 1 aliphatic heterocycles. The first-order valence-corrected chi connectivity index (χ1v) is 12.0. The van der Waals surface area contributed by atoms with Crippen LogP contribution < -0.4 is 10.1 Å². The smallest absolute Gasteiger partial charge is 0.261 e. The highest BCUT2D eigenvalue weighted by Crippen LogP contribution is 2.38. The molecule has 0 bridgehead atoms. The quantitative estimate of drug-likeness (QED) is 0.578. The van der Waals surface area contributed by atoms with E-state index in [0.717, 1.165) is 29.5 Å². The summed E-state index contributed by atoms with van der Waals surface area (Å²) in [7, 11) is 0. The molecule has 2 aromatic carbocycles. The zero-order valence-electron chi connectivity index (χ0n) is 20.1. The van der Waals surface area contributed by atoms with Crippen molar-refractivity contribution in [3.63, 3.8) is 0 Å². The maximum Gasteiger partial charge on any atom is 0.261 e. The molecule has 1 heterocycles. The largest absolute Gasteiger partial charge is 0.481 e. The molecule has 2 unspecified atom stereocenters. The molecule has 0 saturated heterocycles. The Morgan fingerprint density at radius 2 is 1.97 bits per heavy atom. The standard InChI is InChI=1S/C27H35FN2O3/c1-5-24(27(32)29-14-12-18(3)4)33-22-11-10-19-13-15-30(25(31)6-2)26(23(19)17-22)20-8-7-9-21(28)16-20/h7-11,16-18,24,26H,5-6,12-15H2,1-4H3,(H,29,32). The lowest BCUT2D eigenvalue weighted by Gasteiger charge is -2.38. The fourth-order valence-corrected chi connectivity index (χ4v) is 4.26. The van der Waals surface area contributed by atoms with E-state index in [1.807, 2.05) is 43.0 Å². The van der Waals surface area contributed by atoms with Gasteiger partial charge in [-0.2, -0.15) is 0 Å². The minimum absolute atomic E-state index is 0.0252. The van der Waals surface area contributed by atoms with E-state index in [4.69, 9.17) is 4.74 Å². The van der Waals surface area contributed by atoms with Crippen molar-refractivity contribution in [1.82, 2.24) is 10.2 Å². The zero-order valence-corrected chi connectivity index (χ0v) is 20.1. The first-order valence-electron chi connectivity index (χ1n) is 12.0. The Labute approximate surface area is 196 Å². The maximum atomic E-state index is 14.1. The van der Waals surface area contributed by atoms with Crippen LogP contribution in [0.2, 0.25) is 0 Å². The molecule has 3 rings (SSSR count). The van der Waals surface area contributed by atoms with Gasteiger partial charge in [0.15, 0.2) is 6.10 Å². The molecule has 2 amide bonds. The third-order valence-corrected chi connectivity index (χ3v) is 6.10. The van der Waals surface area contributed by atoms with Crippen LogP contribution in [0.1, 0.15) is 69.7 Å². The number of nitrogens with zero attached hydrogens (tertiary/aromatic N) is 1. The second-order valence-electron chi connectivity index (χ2n) is 9.00. The fraction of sp³-hybridized carbons (Fsp3) is 0.481. The number of nitrogens with one attached hydrogen (secondary N) is 1. The molecule has 2 aromatic rings. The minimum Gasteiger partial charge on any atom is -0.481 e. The van der Waals surface area contributed by atoms with Crippen LogP contribution in [0, 0.1) is 11.7 Å². The van der Waals surface area contributed by atoms with Crippen molar-refractivity contribution >= 4 is 11.8 Å². The number of halogens is 1. The molecule has 1 aliphatic rings. The molecule has 2 atom stereocenters. The van der Waals surface area contributed by atoms with Gasteiger partial charge in [-0.05, 0) is 66.1 Å². The molecule has 178 valence electrons. The summed E-state index contributed by atoms with van der Waals surface area (Å²) >= 11 is 0. The Morgan fingerprint density at radius 3 is 2.64 bits per heavy atom. The first kappa shape index (κ1) is 24.7. The van der Waals surface area contributed by atoms with E-state index >= 15 is 0 Å². The van der Waals surface area contributed by atoms with E-state index in [1.165, 1.54) is 12.1 Å². The van der Waals surface area contributed by atoms with Gasteiger partial charge in [-0.3, -0.25) is 9.59 Å². The second kappa shape index (κ2) is 11.3. The lowest BCUT2D eigenvalue weighted by molar-refractivity contribution is -0.133. The van der Waals surface area contributed by atoms with Crippen LogP contribution in [0.25, 0.3) is 0 Å². The number of benzene rings is 2. The third kappa shape index (κ3) is 6.12. The zero-order chi connectivity index (χ0) is 24.0. The van der Waals surface area contributed by atoms with Crippen LogP contribution in [0.4, 0.5) is 4.39 Å². The highest BCUT2D eigenvalue weighted by atomic mass is 19.1. The van der Waals surface area contributed by atoms with Gasteiger partial charge in [-0.25, -0.2) is 4.39 Å². The Kier molecular flexibility index (Phi) is 8.48. The third-order valence-electron chi connectivity index (χ3n) is 6.10. The highest BCUT2D eigenvalue weighted by molar-refractivity contribution is 5.81. The molecule has 0 fully saturated rings. The molecule has 0 radical (unpaired) electrons. The summed E-state index contributed by atoms with van der Waals surface area (Å²) in [6.07, 6.45) is 1.96. The van der Waals surface area contributed by atoms with E-state index in [9.17, 15) is 14.0 Å². The van der Waals surface area contributed by atoms with Crippen molar-refractivity contribution in [2.75, 3.05) is 13.1 Å².